The number of anilines is 1. The van der Waals surface area contributed by atoms with E-state index in [-0.39, 0.29) is 18.5 Å². The van der Waals surface area contributed by atoms with E-state index in [2.05, 4.69) is 19.2 Å². The van der Waals surface area contributed by atoms with Crippen LogP contribution in [0.2, 0.25) is 5.02 Å². The van der Waals surface area contributed by atoms with Crippen molar-refractivity contribution in [2.24, 2.45) is 5.92 Å². The summed E-state index contributed by atoms with van der Waals surface area (Å²) in [5.41, 5.74) is 1.88. The Bertz CT molecular complexity index is 787. The third kappa shape index (κ3) is 6.94. The first-order chi connectivity index (χ1) is 12.8. The second kappa shape index (κ2) is 9.97. The summed E-state index contributed by atoms with van der Waals surface area (Å²) in [4.78, 5) is 24.0. The van der Waals surface area contributed by atoms with Gasteiger partial charge in [0.1, 0.15) is 5.75 Å². The average Bonchev–Trinajstić information content (AvgIpc) is 2.61. The smallest absolute Gasteiger partial charge is 0.338 e. The number of halogens is 1. The van der Waals surface area contributed by atoms with Crippen LogP contribution in [-0.2, 0) is 9.53 Å². The monoisotopic (exact) mass is 389 g/mol. The van der Waals surface area contributed by atoms with Crippen LogP contribution in [0, 0.1) is 12.8 Å². The summed E-state index contributed by atoms with van der Waals surface area (Å²) >= 11 is 5.90. The minimum atomic E-state index is -0.366. The van der Waals surface area contributed by atoms with E-state index in [9.17, 15) is 9.59 Å². The number of nitrogens with one attached hydrogen (secondary N) is 1. The molecule has 5 nitrogen and oxygen atoms in total. The van der Waals surface area contributed by atoms with Crippen LogP contribution >= 0.6 is 11.6 Å². The van der Waals surface area contributed by atoms with Gasteiger partial charge in [0, 0.05) is 10.7 Å². The number of hydrogen-bond acceptors (Lipinski definition) is 4. The maximum Gasteiger partial charge on any atom is 0.338 e. The van der Waals surface area contributed by atoms with Crippen molar-refractivity contribution >= 4 is 29.2 Å². The summed E-state index contributed by atoms with van der Waals surface area (Å²) in [6.45, 7) is 6.28. The van der Waals surface area contributed by atoms with Crippen molar-refractivity contribution in [3.63, 3.8) is 0 Å². The normalized spacial score (nSPS) is 10.6. The van der Waals surface area contributed by atoms with Gasteiger partial charge in [0.2, 0.25) is 0 Å². The van der Waals surface area contributed by atoms with Crippen LogP contribution < -0.4 is 10.1 Å². The highest BCUT2D eigenvalue weighted by atomic mass is 35.5. The zero-order valence-electron chi connectivity index (χ0n) is 15.8. The van der Waals surface area contributed by atoms with Gasteiger partial charge in [0.05, 0.1) is 12.2 Å². The Kier molecular flexibility index (Phi) is 7.67. The van der Waals surface area contributed by atoms with Crippen molar-refractivity contribution in [3.05, 3.63) is 58.6 Å². The van der Waals surface area contributed by atoms with Crippen molar-refractivity contribution in [2.75, 3.05) is 18.5 Å². The van der Waals surface area contributed by atoms with Crippen LogP contribution in [0.4, 0.5) is 5.69 Å². The lowest BCUT2D eigenvalue weighted by atomic mass is 10.1. The molecule has 0 aliphatic heterocycles. The van der Waals surface area contributed by atoms with Gasteiger partial charge in [0.15, 0.2) is 6.61 Å². The number of amides is 1. The van der Waals surface area contributed by atoms with Gasteiger partial charge in [-0.05, 0) is 67.3 Å². The second-order valence-corrected chi connectivity index (χ2v) is 7.08. The van der Waals surface area contributed by atoms with E-state index in [1.54, 1.807) is 42.5 Å². The first-order valence-electron chi connectivity index (χ1n) is 8.81. The molecular weight excluding hydrogens is 366 g/mol. The van der Waals surface area contributed by atoms with E-state index in [4.69, 9.17) is 21.1 Å². The molecule has 1 N–H and O–H groups in total. The van der Waals surface area contributed by atoms with E-state index in [0.29, 0.717) is 34.5 Å². The molecule has 0 aromatic heterocycles. The number of carbonyl (C=O) groups excluding carboxylic acids is 2. The fourth-order valence-corrected chi connectivity index (χ4v) is 2.50. The molecule has 27 heavy (non-hydrogen) atoms. The average molecular weight is 390 g/mol. The second-order valence-electron chi connectivity index (χ2n) is 6.64. The molecule has 2 aromatic rings. The number of hydrogen-bond donors (Lipinski definition) is 1. The molecule has 0 spiro atoms. The molecular formula is C21H24ClNO4. The summed E-state index contributed by atoms with van der Waals surface area (Å²) in [6.07, 6.45) is 0.826. The molecule has 2 rings (SSSR count). The lowest BCUT2D eigenvalue weighted by Crippen LogP contribution is -2.20. The largest absolute Gasteiger partial charge is 0.483 e. The number of benzene rings is 2. The van der Waals surface area contributed by atoms with E-state index < -0.39 is 0 Å². The number of ether oxygens (including phenoxy) is 2. The zero-order chi connectivity index (χ0) is 19.8. The molecule has 0 saturated carbocycles. The van der Waals surface area contributed by atoms with Gasteiger partial charge in [-0.15, -0.1) is 0 Å². The van der Waals surface area contributed by atoms with Crippen molar-refractivity contribution in [3.8, 4) is 5.75 Å². The third-order valence-corrected chi connectivity index (χ3v) is 4.06. The fourth-order valence-electron chi connectivity index (χ4n) is 2.28. The molecule has 0 aliphatic carbocycles. The Morgan fingerprint density at radius 1 is 1.11 bits per heavy atom. The molecule has 2 aromatic carbocycles. The van der Waals surface area contributed by atoms with Crippen LogP contribution in [-0.4, -0.2) is 25.1 Å². The fraction of sp³-hybridized carbons (Fsp3) is 0.333. The number of carbonyl (C=O) groups is 2. The minimum Gasteiger partial charge on any atom is -0.483 e. The Hall–Kier alpha value is -2.53. The Morgan fingerprint density at radius 2 is 1.81 bits per heavy atom. The maximum absolute atomic E-state index is 12.0. The summed E-state index contributed by atoms with van der Waals surface area (Å²) in [6, 6.07) is 11.8. The van der Waals surface area contributed by atoms with Gasteiger partial charge < -0.3 is 14.8 Å². The van der Waals surface area contributed by atoms with E-state index >= 15 is 0 Å². The van der Waals surface area contributed by atoms with Crippen molar-refractivity contribution < 1.29 is 19.1 Å². The van der Waals surface area contributed by atoms with Crippen LogP contribution in [0.15, 0.2) is 42.5 Å². The Morgan fingerprint density at radius 3 is 2.44 bits per heavy atom. The SMILES string of the molecule is Cc1cc(Cl)ccc1OCC(=O)Nc1ccc(C(=O)OCCC(C)C)cc1. The van der Waals surface area contributed by atoms with Crippen LogP contribution in [0.25, 0.3) is 0 Å². The molecule has 0 unspecified atom stereocenters. The standard InChI is InChI=1S/C21H24ClNO4/c1-14(2)10-11-26-21(25)16-4-7-18(8-5-16)23-20(24)13-27-19-9-6-17(22)12-15(19)3/h4-9,12,14H,10-11,13H2,1-3H3,(H,23,24). The zero-order valence-corrected chi connectivity index (χ0v) is 16.5. The number of aryl methyl sites for hydroxylation is 1. The summed E-state index contributed by atoms with van der Waals surface area (Å²) in [5.74, 6) is 0.426. The molecule has 0 saturated heterocycles. The van der Waals surface area contributed by atoms with Gasteiger partial charge >= 0.3 is 5.97 Å². The van der Waals surface area contributed by atoms with Gasteiger partial charge in [-0.3, -0.25) is 4.79 Å². The Balaban J connectivity index is 1.82. The van der Waals surface area contributed by atoms with Crippen LogP contribution in [0.5, 0.6) is 5.75 Å². The van der Waals surface area contributed by atoms with E-state index in [1.807, 2.05) is 6.92 Å². The number of rotatable bonds is 8. The summed E-state index contributed by atoms with van der Waals surface area (Å²) in [7, 11) is 0. The van der Waals surface area contributed by atoms with E-state index in [0.717, 1.165) is 12.0 Å². The third-order valence-electron chi connectivity index (χ3n) is 3.83. The summed E-state index contributed by atoms with van der Waals surface area (Å²) in [5, 5.41) is 3.34. The molecule has 0 bridgehead atoms. The molecule has 1 amide bonds. The molecule has 0 heterocycles. The molecule has 0 aliphatic rings. The van der Waals surface area contributed by atoms with Crippen molar-refractivity contribution in [1.82, 2.24) is 0 Å². The Labute approximate surface area is 164 Å². The highest BCUT2D eigenvalue weighted by Gasteiger charge is 2.09. The predicted octanol–water partition coefficient (Wildman–Crippen LogP) is 4.87. The van der Waals surface area contributed by atoms with Crippen molar-refractivity contribution in [2.45, 2.75) is 27.2 Å². The van der Waals surface area contributed by atoms with Gasteiger partial charge in [-0.25, -0.2) is 4.79 Å². The first kappa shape index (κ1) is 20.8. The highest BCUT2D eigenvalue weighted by molar-refractivity contribution is 6.30. The van der Waals surface area contributed by atoms with Gasteiger partial charge in [-0.1, -0.05) is 25.4 Å². The van der Waals surface area contributed by atoms with Crippen molar-refractivity contribution in [1.29, 1.82) is 0 Å². The van der Waals surface area contributed by atoms with E-state index in [1.165, 1.54) is 0 Å². The summed E-state index contributed by atoms with van der Waals surface area (Å²) < 4.78 is 10.7. The molecule has 0 atom stereocenters. The minimum absolute atomic E-state index is 0.124. The first-order valence-corrected chi connectivity index (χ1v) is 9.19. The maximum atomic E-state index is 12.0. The predicted molar refractivity (Wildman–Crippen MR) is 106 cm³/mol. The lowest BCUT2D eigenvalue weighted by molar-refractivity contribution is -0.118. The van der Waals surface area contributed by atoms with Crippen LogP contribution in [0.1, 0.15) is 36.2 Å². The highest BCUT2D eigenvalue weighted by Crippen LogP contribution is 2.21. The molecule has 0 fully saturated rings. The molecule has 6 heteroatoms. The van der Waals surface area contributed by atoms with Crippen LogP contribution in [0.3, 0.4) is 0 Å². The molecule has 144 valence electrons. The molecule has 0 radical (unpaired) electrons. The van der Waals surface area contributed by atoms with Gasteiger partial charge in [-0.2, -0.15) is 0 Å². The number of esters is 1. The topological polar surface area (TPSA) is 64.6 Å². The quantitative estimate of drug-likeness (QED) is 0.654. The lowest BCUT2D eigenvalue weighted by Gasteiger charge is -2.10. The van der Waals surface area contributed by atoms with Gasteiger partial charge in [0.25, 0.3) is 5.91 Å².